The van der Waals surface area contributed by atoms with Crippen LogP contribution in [0.1, 0.15) is 17.4 Å². The molecule has 0 saturated carbocycles. The Morgan fingerprint density at radius 2 is 1.65 bits per heavy atom. The summed E-state index contributed by atoms with van der Waals surface area (Å²) in [6.45, 7) is 1.11. The third-order valence-corrected chi connectivity index (χ3v) is 5.94. The fraction of sp³-hybridized carbons (Fsp3) is 0.0455. The van der Waals surface area contributed by atoms with E-state index in [-0.39, 0.29) is 10.6 Å². The van der Waals surface area contributed by atoms with E-state index in [0.29, 0.717) is 17.0 Å². The molecule has 3 aromatic carbocycles. The van der Waals surface area contributed by atoms with Gasteiger partial charge in [-0.15, -0.1) is 0 Å². The first-order valence-corrected chi connectivity index (χ1v) is 10.7. The largest absolute Gasteiger partial charge is 0.443 e. The highest BCUT2D eigenvalue weighted by molar-refractivity contribution is 7.90. The number of oxazole rings is 1. The third-order valence-electron chi connectivity index (χ3n) is 4.49. The lowest BCUT2D eigenvalue weighted by Crippen LogP contribution is -2.28. The van der Waals surface area contributed by atoms with Crippen molar-refractivity contribution in [3.05, 3.63) is 78.8 Å². The minimum absolute atomic E-state index is 0.0982. The molecule has 9 heteroatoms. The number of amides is 2. The first-order chi connectivity index (χ1) is 14.8. The fourth-order valence-electron chi connectivity index (χ4n) is 3.10. The van der Waals surface area contributed by atoms with Gasteiger partial charge in [-0.1, -0.05) is 36.4 Å². The average molecular weight is 435 g/mol. The van der Waals surface area contributed by atoms with E-state index in [2.05, 4.69) is 10.3 Å². The van der Waals surface area contributed by atoms with Crippen LogP contribution < -0.4 is 10.0 Å². The highest BCUT2D eigenvalue weighted by Gasteiger charge is 2.20. The van der Waals surface area contributed by atoms with Crippen molar-refractivity contribution in [2.45, 2.75) is 11.8 Å². The predicted octanol–water partition coefficient (Wildman–Crippen LogP) is 3.57. The summed E-state index contributed by atoms with van der Waals surface area (Å²) in [4.78, 5) is 27.7. The summed E-state index contributed by atoms with van der Waals surface area (Å²) in [5.41, 5.74) is 1.17. The summed E-state index contributed by atoms with van der Waals surface area (Å²) in [6.07, 6.45) is 1.20. The average Bonchev–Trinajstić information content (AvgIpc) is 3.23. The number of sulfonamides is 1. The standard InChI is InChI=1S/C22H17N3O5S/c1-14(26)25-31(28,29)19-10-8-18(9-11-19)24-22(27)20-21(30-13-23-20)17-7-6-15-4-2-3-5-16(15)12-17/h2-13H,1H3,(H,24,27)(H,25,26). The highest BCUT2D eigenvalue weighted by atomic mass is 32.2. The summed E-state index contributed by atoms with van der Waals surface area (Å²) in [5, 5.41) is 4.73. The van der Waals surface area contributed by atoms with Crippen LogP contribution in [-0.2, 0) is 14.8 Å². The first kappa shape index (κ1) is 20.3. The van der Waals surface area contributed by atoms with Crippen molar-refractivity contribution < 1.29 is 22.4 Å². The molecular weight excluding hydrogens is 418 g/mol. The van der Waals surface area contributed by atoms with Crippen LogP contribution in [0.4, 0.5) is 5.69 Å². The molecule has 0 aliphatic rings. The van der Waals surface area contributed by atoms with E-state index >= 15 is 0 Å². The zero-order valence-electron chi connectivity index (χ0n) is 16.3. The molecule has 0 fully saturated rings. The first-order valence-electron chi connectivity index (χ1n) is 9.21. The maximum Gasteiger partial charge on any atom is 0.278 e. The van der Waals surface area contributed by atoms with Crippen molar-refractivity contribution in [1.82, 2.24) is 9.71 Å². The van der Waals surface area contributed by atoms with Crippen LogP contribution in [0, 0.1) is 0 Å². The molecule has 0 aliphatic heterocycles. The van der Waals surface area contributed by atoms with Gasteiger partial charge in [0.25, 0.3) is 15.9 Å². The van der Waals surface area contributed by atoms with Crippen LogP contribution in [0.5, 0.6) is 0 Å². The third kappa shape index (κ3) is 4.31. The quantitative estimate of drug-likeness (QED) is 0.495. The van der Waals surface area contributed by atoms with E-state index in [1.807, 2.05) is 47.2 Å². The summed E-state index contributed by atoms with van der Waals surface area (Å²) < 4.78 is 31.4. The Balaban J connectivity index is 1.56. The zero-order valence-corrected chi connectivity index (χ0v) is 17.1. The zero-order chi connectivity index (χ0) is 22.0. The minimum atomic E-state index is -3.95. The Morgan fingerprint density at radius 1 is 0.935 bits per heavy atom. The van der Waals surface area contributed by atoms with Gasteiger partial charge < -0.3 is 9.73 Å². The molecular formula is C22H17N3O5S. The molecule has 0 aliphatic carbocycles. The second kappa shape index (κ2) is 8.04. The van der Waals surface area contributed by atoms with Gasteiger partial charge in [0, 0.05) is 18.2 Å². The molecule has 8 nitrogen and oxygen atoms in total. The number of carbonyl (C=O) groups is 2. The molecule has 1 aromatic heterocycles. The topological polar surface area (TPSA) is 118 Å². The maximum absolute atomic E-state index is 12.8. The van der Waals surface area contributed by atoms with Crippen LogP contribution in [-0.4, -0.2) is 25.2 Å². The normalized spacial score (nSPS) is 11.3. The second-order valence-electron chi connectivity index (χ2n) is 6.73. The van der Waals surface area contributed by atoms with Crippen molar-refractivity contribution in [3.8, 4) is 11.3 Å². The summed E-state index contributed by atoms with van der Waals surface area (Å²) in [7, 11) is -3.95. The molecule has 4 aromatic rings. The Bertz CT molecular complexity index is 1390. The molecule has 0 radical (unpaired) electrons. The van der Waals surface area contributed by atoms with Crippen LogP contribution in [0.2, 0.25) is 0 Å². The fourth-order valence-corrected chi connectivity index (χ4v) is 4.09. The molecule has 4 rings (SSSR count). The van der Waals surface area contributed by atoms with Gasteiger partial charge in [-0.25, -0.2) is 18.1 Å². The molecule has 0 spiro atoms. The van der Waals surface area contributed by atoms with Crippen molar-refractivity contribution in [2.24, 2.45) is 0 Å². The van der Waals surface area contributed by atoms with Crippen molar-refractivity contribution in [3.63, 3.8) is 0 Å². The predicted molar refractivity (Wildman–Crippen MR) is 115 cm³/mol. The van der Waals surface area contributed by atoms with Crippen molar-refractivity contribution in [1.29, 1.82) is 0 Å². The van der Waals surface area contributed by atoms with E-state index in [1.54, 1.807) is 0 Å². The van der Waals surface area contributed by atoms with E-state index in [1.165, 1.54) is 30.7 Å². The maximum atomic E-state index is 12.8. The van der Waals surface area contributed by atoms with Gasteiger partial charge in [0.2, 0.25) is 5.91 Å². The Hall–Kier alpha value is -3.98. The molecule has 1 heterocycles. The van der Waals surface area contributed by atoms with E-state index in [0.717, 1.165) is 17.7 Å². The van der Waals surface area contributed by atoms with Gasteiger partial charge >= 0.3 is 0 Å². The van der Waals surface area contributed by atoms with Gasteiger partial charge in [0.15, 0.2) is 17.8 Å². The van der Waals surface area contributed by atoms with Crippen molar-refractivity contribution >= 4 is 38.3 Å². The van der Waals surface area contributed by atoms with Gasteiger partial charge in [-0.3, -0.25) is 9.59 Å². The van der Waals surface area contributed by atoms with Gasteiger partial charge in [0.05, 0.1) is 4.90 Å². The summed E-state index contributed by atoms with van der Waals surface area (Å²) >= 11 is 0. The Morgan fingerprint density at radius 3 is 2.35 bits per heavy atom. The number of nitrogens with zero attached hydrogens (tertiary/aromatic N) is 1. The molecule has 31 heavy (non-hydrogen) atoms. The highest BCUT2D eigenvalue weighted by Crippen LogP contribution is 2.27. The monoisotopic (exact) mass is 435 g/mol. The van der Waals surface area contributed by atoms with E-state index in [4.69, 9.17) is 4.42 Å². The molecule has 0 saturated heterocycles. The lowest BCUT2D eigenvalue weighted by molar-refractivity contribution is -0.117. The number of hydrogen-bond donors (Lipinski definition) is 2. The summed E-state index contributed by atoms with van der Waals surface area (Å²) in [5.74, 6) is -0.868. The van der Waals surface area contributed by atoms with E-state index in [9.17, 15) is 18.0 Å². The van der Waals surface area contributed by atoms with Crippen LogP contribution in [0.25, 0.3) is 22.1 Å². The van der Waals surface area contributed by atoms with Gasteiger partial charge in [-0.05, 0) is 41.1 Å². The smallest absolute Gasteiger partial charge is 0.278 e. The van der Waals surface area contributed by atoms with Gasteiger partial charge in [-0.2, -0.15) is 0 Å². The molecule has 0 bridgehead atoms. The van der Waals surface area contributed by atoms with E-state index < -0.39 is 21.8 Å². The molecule has 0 unspecified atom stereocenters. The number of aromatic nitrogens is 1. The minimum Gasteiger partial charge on any atom is -0.443 e. The number of anilines is 1. The molecule has 2 amide bonds. The lowest BCUT2D eigenvalue weighted by atomic mass is 10.0. The lowest BCUT2D eigenvalue weighted by Gasteiger charge is -2.08. The number of benzene rings is 3. The number of nitrogens with one attached hydrogen (secondary N) is 2. The van der Waals surface area contributed by atoms with Crippen LogP contribution in [0.15, 0.2) is 82.4 Å². The van der Waals surface area contributed by atoms with Crippen LogP contribution >= 0.6 is 0 Å². The van der Waals surface area contributed by atoms with Crippen molar-refractivity contribution in [2.75, 3.05) is 5.32 Å². The van der Waals surface area contributed by atoms with Crippen LogP contribution in [0.3, 0.4) is 0 Å². The molecule has 156 valence electrons. The summed E-state index contributed by atoms with van der Waals surface area (Å²) in [6, 6.07) is 18.9. The number of fused-ring (bicyclic) bond motifs is 1. The SMILES string of the molecule is CC(=O)NS(=O)(=O)c1ccc(NC(=O)c2ncoc2-c2ccc3ccccc3c2)cc1. The Labute approximate surface area is 178 Å². The molecule has 2 N–H and O–H groups in total. The molecule has 0 atom stereocenters. The van der Waals surface area contributed by atoms with Gasteiger partial charge in [0.1, 0.15) is 0 Å². The number of hydrogen-bond acceptors (Lipinski definition) is 6. The number of carbonyl (C=O) groups excluding carboxylic acids is 2. The second-order valence-corrected chi connectivity index (χ2v) is 8.41. The Kier molecular flexibility index (Phi) is 5.26. The number of rotatable bonds is 5.